The molecule has 0 spiro atoms. The van der Waals surface area contributed by atoms with Crippen molar-refractivity contribution in [3.8, 4) is 6.07 Å². The van der Waals surface area contributed by atoms with Crippen molar-refractivity contribution in [3.05, 3.63) is 70.8 Å². The van der Waals surface area contributed by atoms with Crippen LogP contribution in [0.25, 0.3) is 0 Å². The monoisotopic (exact) mass is 374 g/mol. The first-order valence-corrected chi connectivity index (χ1v) is 11.0. The molecule has 2 heteroatoms. The Bertz CT molecular complexity index is 767. The number of benzene rings is 2. The summed E-state index contributed by atoms with van der Waals surface area (Å²) in [5.74, 6) is 1.52. The van der Waals surface area contributed by atoms with Crippen molar-refractivity contribution in [2.24, 2.45) is 5.92 Å². The van der Waals surface area contributed by atoms with Gasteiger partial charge in [0.2, 0.25) is 0 Å². The molecule has 148 valence electrons. The third kappa shape index (κ3) is 5.69. The van der Waals surface area contributed by atoms with E-state index in [0.717, 1.165) is 23.6 Å². The maximum absolute atomic E-state index is 9.14. The minimum Gasteiger partial charge on any atom is -0.299 e. The van der Waals surface area contributed by atoms with Crippen molar-refractivity contribution in [1.82, 2.24) is 4.90 Å². The number of piperidine rings is 1. The topological polar surface area (TPSA) is 27.0 Å². The third-order valence-electron chi connectivity index (χ3n) is 6.46. The van der Waals surface area contributed by atoms with Gasteiger partial charge in [-0.2, -0.15) is 5.26 Å². The largest absolute Gasteiger partial charge is 0.299 e. The molecule has 1 heterocycles. The van der Waals surface area contributed by atoms with E-state index in [4.69, 9.17) is 5.26 Å². The van der Waals surface area contributed by atoms with Crippen molar-refractivity contribution < 1.29 is 0 Å². The lowest BCUT2D eigenvalue weighted by atomic mass is 9.86. The van der Waals surface area contributed by atoms with Gasteiger partial charge in [-0.25, -0.2) is 0 Å². The van der Waals surface area contributed by atoms with Gasteiger partial charge in [-0.1, -0.05) is 62.2 Å². The molecule has 2 aromatic carbocycles. The molecular formula is C26H34N2. The van der Waals surface area contributed by atoms with E-state index in [1.54, 1.807) is 0 Å². The Morgan fingerprint density at radius 3 is 2.50 bits per heavy atom. The molecule has 0 aliphatic carbocycles. The summed E-state index contributed by atoms with van der Waals surface area (Å²) in [6, 6.07) is 19.5. The smallest absolute Gasteiger partial charge is 0.0994 e. The molecule has 0 aromatic heterocycles. The lowest BCUT2D eigenvalue weighted by molar-refractivity contribution is 0.170. The predicted molar refractivity (Wildman–Crippen MR) is 117 cm³/mol. The Kier molecular flexibility index (Phi) is 7.69. The number of nitrogens with zero attached hydrogens (tertiary/aromatic N) is 2. The zero-order chi connectivity index (χ0) is 19.8. The van der Waals surface area contributed by atoms with Crippen LogP contribution in [-0.2, 0) is 6.54 Å². The summed E-state index contributed by atoms with van der Waals surface area (Å²) in [4.78, 5) is 2.61. The van der Waals surface area contributed by atoms with Crippen LogP contribution in [-0.4, -0.2) is 18.0 Å². The average molecular weight is 375 g/mol. The summed E-state index contributed by atoms with van der Waals surface area (Å²) in [6.45, 7) is 7.93. The van der Waals surface area contributed by atoms with Gasteiger partial charge in [0.05, 0.1) is 11.6 Å². The van der Waals surface area contributed by atoms with E-state index in [1.165, 1.54) is 62.7 Å². The highest BCUT2D eigenvalue weighted by Gasteiger charge is 2.19. The summed E-state index contributed by atoms with van der Waals surface area (Å²) >= 11 is 0. The first-order valence-electron chi connectivity index (χ1n) is 11.0. The van der Waals surface area contributed by atoms with Gasteiger partial charge < -0.3 is 0 Å². The Balaban J connectivity index is 1.41. The second-order valence-corrected chi connectivity index (χ2v) is 8.43. The van der Waals surface area contributed by atoms with Crippen LogP contribution in [0.15, 0.2) is 48.5 Å². The van der Waals surface area contributed by atoms with Crippen LogP contribution in [0.2, 0.25) is 0 Å². The summed E-state index contributed by atoms with van der Waals surface area (Å²) in [6.07, 6.45) is 7.83. The molecule has 1 aliphatic rings. The van der Waals surface area contributed by atoms with Crippen LogP contribution in [0.5, 0.6) is 0 Å². The van der Waals surface area contributed by atoms with Crippen molar-refractivity contribution in [1.29, 1.82) is 5.26 Å². The normalized spacial score (nSPS) is 16.6. The van der Waals surface area contributed by atoms with Gasteiger partial charge >= 0.3 is 0 Å². The molecule has 2 nitrogen and oxygen atoms in total. The maximum atomic E-state index is 9.14. The lowest BCUT2D eigenvalue weighted by Gasteiger charge is -2.32. The van der Waals surface area contributed by atoms with Crippen LogP contribution in [0.1, 0.15) is 73.6 Å². The van der Waals surface area contributed by atoms with E-state index in [1.807, 2.05) is 6.07 Å². The number of rotatable bonds is 8. The number of hydrogen-bond acceptors (Lipinski definition) is 2. The molecule has 0 bridgehead atoms. The van der Waals surface area contributed by atoms with E-state index in [0.29, 0.717) is 5.92 Å². The Morgan fingerprint density at radius 1 is 1.11 bits per heavy atom. The van der Waals surface area contributed by atoms with Crippen molar-refractivity contribution in [3.63, 3.8) is 0 Å². The van der Waals surface area contributed by atoms with E-state index in [-0.39, 0.29) is 0 Å². The lowest BCUT2D eigenvalue weighted by Crippen LogP contribution is -2.33. The molecule has 1 atom stereocenters. The van der Waals surface area contributed by atoms with Gasteiger partial charge in [0, 0.05) is 6.54 Å². The molecule has 0 N–H and O–H groups in total. The van der Waals surface area contributed by atoms with Crippen LogP contribution >= 0.6 is 0 Å². The molecule has 2 aromatic rings. The van der Waals surface area contributed by atoms with Crippen LogP contribution in [0, 0.1) is 24.2 Å². The Hall–Kier alpha value is -2.11. The molecule has 1 saturated heterocycles. The standard InChI is InChI=1S/C26H34N2/c1-3-24(25-12-13-26(19-27)21(2)18-25)11-7-10-22-14-16-28(17-15-22)20-23-8-5-4-6-9-23/h4-6,8-9,12-13,18,22,24H,3,7,10-11,14-17,20H2,1-2H3. The van der Waals surface area contributed by atoms with Crippen molar-refractivity contribution in [2.45, 2.75) is 64.8 Å². The third-order valence-corrected chi connectivity index (χ3v) is 6.46. The molecule has 0 amide bonds. The second-order valence-electron chi connectivity index (χ2n) is 8.43. The number of likely N-dealkylation sites (tertiary alicyclic amines) is 1. The van der Waals surface area contributed by atoms with E-state index < -0.39 is 0 Å². The predicted octanol–water partition coefficient (Wildman–Crippen LogP) is 6.44. The molecule has 28 heavy (non-hydrogen) atoms. The van der Waals surface area contributed by atoms with Gasteiger partial charge in [0.1, 0.15) is 0 Å². The van der Waals surface area contributed by atoms with Crippen LogP contribution in [0.4, 0.5) is 0 Å². The van der Waals surface area contributed by atoms with Gasteiger partial charge in [0.15, 0.2) is 0 Å². The fourth-order valence-corrected chi connectivity index (χ4v) is 4.60. The van der Waals surface area contributed by atoms with Crippen LogP contribution < -0.4 is 0 Å². The molecule has 3 rings (SSSR count). The molecule has 0 saturated carbocycles. The first kappa shape index (κ1) is 20.6. The van der Waals surface area contributed by atoms with Crippen molar-refractivity contribution in [2.75, 3.05) is 13.1 Å². The molecule has 0 radical (unpaired) electrons. The zero-order valence-corrected chi connectivity index (χ0v) is 17.5. The summed E-state index contributed by atoms with van der Waals surface area (Å²) in [5, 5.41) is 9.14. The summed E-state index contributed by atoms with van der Waals surface area (Å²) in [5.41, 5.74) is 4.77. The van der Waals surface area contributed by atoms with Gasteiger partial charge in [-0.05, 0) is 80.3 Å². The van der Waals surface area contributed by atoms with Crippen molar-refractivity contribution >= 4 is 0 Å². The molecular weight excluding hydrogens is 340 g/mol. The van der Waals surface area contributed by atoms with Crippen LogP contribution in [0.3, 0.4) is 0 Å². The number of hydrogen-bond donors (Lipinski definition) is 0. The Morgan fingerprint density at radius 2 is 1.86 bits per heavy atom. The van der Waals surface area contributed by atoms with E-state index >= 15 is 0 Å². The molecule has 1 unspecified atom stereocenters. The average Bonchev–Trinajstić information content (AvgIpc) is 2.73. The highest BCUT2D eigenvalue weighted by Crippen LogP contribution is 2.30. The second kappa shape index (κ2) is 10.4. The summed E-state index contributed by atoms with van der Waals surface area (Å²) in [7, 11) is 0. The maximum Gasteiger partial charge on any atom is 0.0994 e. The highest BCUT2D eigenvalue weighted by molar-refractivity contribution is 5.40. The molecule has 1 fully saturated rings. The van der Waals surface area contributed by atoms with Gasteiger partial charge in [-0.3, -0.25) is 4.90 Å². The molecule has 1 aliphatic heterocycles. The van der Waals surface area contributed by atoms with Gasteiger partial charge in [0.25, 0.3) is 0 Å². The highest BCUT2D eigenvalue weighted by atomic mass is 15.1. The summed E-state index contributed by atoms with van der Waals surface area (Å²) < 4.78 is 0. The SMILES string of the molecule is CCC(CCCC1CCN(Cc2ccccc2)CC1)c1ccc(C#N)c(C)c1. The quantitative estimate of drug-likeness (QED) is 0.531. The fourth-order valence-electron chi connectivity index (χ4n) is 4.60. The minimum absolute atomic E-state index is 0.629. The number of aryl methyl sites for hydroxylation is 1. The van der Waals surface area contributed by atoms with Gasteiger partial charge in [-0.15, -0.1) is 0 Å². The first-order chi connectivity index (χ1) is 13.7. The minimum atomic E-state index is 0.629. The zero-order valence-electron chi connectivity index (χ0n) is 17.5. The fraction of sp³-hybridized carbons (Fsp3) is 0.500. The van der Waals surface area contributed by atoms with E-state index in [2.05, 4.69) is 67.3 Å². The Labute approximate surface area is 171 Å². The van der Waals surface area contributed by atoms with E-state index in [9.17, 15) is 0 Å². The number of nitriles is 1.